The van der Waals surface area contributed by atoms with Gasteiger partial charge in [0.05, 0.1) is 12.7 Å². The molecule has 0 aromatic rings. The highest BCUT2D eigenvalue weighted by molar-refractivity contribution is 4.70. The lowest BCUT2D eigenvalue weighted by atomic mass is 10.0. The van der Waals surface area contributed by atoms with Crippen LogP contribution in [0.1, 0.15) is 13.8 Å². The largest absolute Gasteiger partial charge is 0.394 e. The Morgan fingerprint density at radius 3 is 2.00 bits per heavy atom. The third kappa shape index (κ3) is 2.64. The summed E-state index contributed by atoms with van der Waals surface area (Å²) in [5, 5.41) is 17.7. The van der Waals surface area contributed by atoms with Gasteiger partial charge in [-0.15, -0.1) is 0 Å². The molecule has 0 aliphatic heterocycles. The smallest absolute Gasteiger partial charge is 0.103 e. The number of aliphatic hydroxyl groups is 2. The van der Waals surface area contributed by atoms with Crippen molar-refractivity contribution < 1.29 is 14.9 Å². The van der Waals surface area contributed by atoms with Crippen molar-refractivity contribution in [3.63, 3.8) is 0 Å². The molecule has 0 aliphatic rings. The molecule has 0 aromatic heterocycles. The number of methoxy groups -OCH3 is 1. The van der Waals surface area contributed by atoms with Gasteiger partial charge in [0, 0.05) is 7.11 Å². The van der Waals surface area contributed by atoms with Crippen molar-refractivity contribution in [1.82, 2.24) is 0 Å². The second-order valence-corrected chi connectivity index (χ2v) is 2.69. The molecule has 0 saturated heterocycles. The number of hydrogen-bond acceptors (Lipinski definition) is 3. The Bertz CT molecular complexity index is 82.9. The Kier molecular flexibility index (Phi) is 4.60. The van der Waals surface area contributed by atoms with Gasteiger partial charge in [0.2, 0.25) is 0 Å². The lowest BCUT2D eigenvalue weighted by molar-refractivity contribution is -0.0589. The minimum Gasteiger partial charge on any atom is -0.394 e. The van der Waals surface area contributed by atoms with E-state index in [9.17, 15) is 0 Å². The molecule has 2 atom stereocenters. The summed E-state index contributed by atoms with van der Waals surface area (Å²) in [6.07, 6.45) is -1.02. The fraction of sp³-hybridized carbons (Fsp3) is 1.00. The molecule has 3 heteroatoms. The molecule has 10 heavy (non-hydrogen) atoms. The number of ether oxygens (including phenoxy) is 1. The standard InChI is InChI=1S/C7H16O3/c1-5(2)7(10-3)6(9)4-8/h5-9H,4H2,1-3H3/t6-,7?/m1/s1. The number of aliphatic hydroxyl groups excluding tert-OH is 2. The third-order valence-electron chi connectivity index (χ3n) is 1.50. The molecule has 0 aromatic carbocycles. The van der Waals surface area contributed by atoms with Crippen molar-refractivity contribution >= 4 is 0 Å². The van der Waals surface area contributed by atoms with Gasteiger partial charge in [0.1, 0.15) is 6.10 Å². The first-order chi connectivity index (χ1) is 4.63. The van der Waals surface area contributed by atoms with Crippen LogP contribution in [0.25, 0.3) is 0 Å². The van der Waals surface area contributed by atoms with Gasteiger partial charge in [-0.05, 0) is 5.92 Å². The van der Waals surface area contributed by atoms with Crippen molar-refractivity contribution in [3.05, 3.63) is 0 Å². The highest BCUT2D eigenvalue weighted by Gasteiger charge is 2.20. The minimum atomic E-state index is -0.759. The molecule has 0 bridgehead atoms. The van der Waals surface area contributed by atoms with Gasteiger partial charge >= 0.3 is 0 Å². The second-order valence-electron chi connectivity index (χ2n) is 2.69. The predicted molar refractivity (Wildman–Crippen MR) is 38.7 cm³/mol. The zero-order valence-electron chi connectivity index (χ0n) is 6.74. The van der Waals surface area contributed by atoms with E-state index in [2.05, 4.69) is 0 Å². The van der Waals surface area contributed by atoms with E-state index in [1.54, 1.807) is 0 Å². The van der Waals surface area contributed by atoms with E-state index in [1.807, 2.05) is 13.8 Å². The summed E-state index contributed by atoms with van der Waals surface area (Å²) < 4.78 is 4.95. The molecule has 0 fully saturated rings. The first-order valence-electron chi connectivity index (χ1n) is 3.45. The van der Waals surface area contributed by atoms with Gasteiger partial charge in [-0.25, -0.2) is 0 Å². The molecule has 1 unspecified atom stereocenters. The average Bonchev–Trinajstić information content (AvgIpc) is 1.88. The topological polar surface area (TPSA) is 49.7 Å². The first-order valence-corrected chi connectivity index (χ1v) is 3.45. The van der Waals surface area contributed by atoms with Crippen LogP contribution in [0.2, 0.25) is 0 Å². The zero-order valence-corrected chi connectivity index (χ0v) is 6.74. The van der Waals surface area contributed by atoms with Crippen LogP contribution in [0.4, 0.5) is 0 Å². The van der Waals surface area contributed by atoms with Gasteiger partial charge in [-0.2, -0.15) is 0 Å². The molecule has 0 saturated carbocycles. The van der Waals surface area contributed by atoms with Crippen LogP contribution in [-0.4, -0.2) is 36.1 Å². The maximum atomic E-state index is 9.11. The highest BCUT2D eigenvalue weighted by Crippen LogP contribution is 2.09. The quantitative estimate of drug-likeness (QED) is 0.590. The molecule has 62 valence electrons. The van der Waals surface area contributed by atoms with E-state index in [4.69, 9.17) is 14.9 Å². The lowest BCUT2D eigenvalue weighted by Crippen LogP contribution is -2.35. The Morgan fingerprint density at radius 2 is 1.90 bits per heavy atom. The molecule has 0 aliphatic carbocycles. The van der Waals surface area contributed by atoms with Crippen molar-refractivity contribution in [2.45, 2.75) is 26.1 Å². The molecule has 3 nitrogen and oxygen atoms in total. The Hall–Kier alpha value is -0.120. The average molecular weight is 148 g/mol. The minimum absolute atomic E-state index is 0.229. The molecule has 0 radical (unpaired) electrons. The second kappa shape index (κ2) is 4.66. The molecule has 2 N–H and O–H groups in total. The summed E-state index contributed by atoms with van der Waals surface area (Å²) >= 11 is 0. The molecule has 0 rings (SSSR count). The molecule has 0 amide bonds. The lowest BCUT2D eigenvalue weighted by Gasteiger charge is -2.22. The predicted octanol–water partition coefficient (Wildman–Crippen LogP) is 0.0106. The van der Waals surface area contributed by atoms with Crippen LogP contribution in [0.15, 0.2) is 0 Å². The van der Waals surface area contributed by atoms with Crippen molar-refractivity contribution in [2.24, 2.45) is 5.92 Å². The zero-order chi connectivity index (χ0) is 8.15. The summed E-state index contributed by atoms with van der Waals surface area (Å²) in [4.78, 5) is 0. The van der Waals surface area contributed by atoms with Gasteiger partial charge in [0.25, 0.3) is 0 Å². The van der Waals surface area contributed by atoms with E-state index in [-0.39, 0.29) is 18.6 Å². The van der Waals surface area contributed by atoms with Crippen LogP contribution < -0.4 is 0 Å². The monoisotopic (exact) mass is 148 g/mol. The molecule has 0 heterocycles. The third-order valence-corrected chi connectivity index (χ3v) is 1.50. The van der Waals surface area contributed by atoms with E-state index >= 15 is 0 Å². The SMILES string of the molecule is COC(C(C)C)[C@H](O)CO. The Balaban J connectivity index is 3.80. The van der Waals surface area contributed by atoms with E-state index in [1.165, 1.54) is 7.11 Å². The van der Waals surface area contributed by atoms with Crippen molar-refractivity contribution in [3.8, 4) is 0 Å². The fourth-order valence-electron chi connectivity index (χ4n) is 0.977. The van der Waals surface area contributed by atoms with Crippen LogP contribution in [0, 0.1) is 5.92 Å². The number of hydrogen-bond donors (Lipinski definition) is 2. The van der Waals surface area contributed by atoms with Crippen LogP contribution >= 0.6 is 0 Å². The summed E-state index contributed by atoms with van der Waals surface area (Å²) in [5.41, 5.74) is 0. The summed E-state index contributed by atoms with van der Waals surface area (Å²) in [6.45, 7) is 3.64. The van der Waals surface area contributed by atoms with Crippen LogP contribution in [-0.2, 0) is 4.74 Å². The van der Waals surface area contributed by atoms with Crippen molar-refractivity contribution in [2.75, 3.05) is 13.7 Å². The van der Waals surface area contributed by atoms with E-state index < -0.39 is 6.10 Å². The first kappa shape index (κ1) is 9.88. The van der Waals surface area contributed by atoms with Crippen LogP contribution in [0.5, 0.6) is 0 Å². The maximum Gasteiger partial charge on any atom is 0.103 e. The highest BCUT2D eigenvalue weighted by atomic mass is 16.5. The fourth-order valence-corrected chi connectivity index (χ4v) is 0.977. The van der Waals surface area contributed by atoms with Crippen molar-refractivity contribution in [1.29, 1.82) is 0 Å². The molecule has 0 spiro atoms. The summed E-state index contributed by atoms with van der Waals surface area (Å²) in [7, 11) is 1.53. The molecular weight excluding hydrogens is 132 g/mol. The van der Waals surface area contributed by atoms with Gasteiger partial charge in [0.15, 0.2) is 0 Å². The van der Waals surface area contributed by atoms with Crippen LogP contribution in [0.3, 0.4) is 0 Å². The number of rotatable bonds is 4. The van der Waals surface area contributed by atoms with Gasteiger partial charge in [-0.3, -0.25) is 0 Å². The van der Waals surface area contributed by atoms with E-state index in [0.717, 1.165) is 0 Å². The molecular formula is C7H16O3. The van der Waals surface area contributed by atoms with Gasteiger partial charge < -0.3 is 14.9 Å². The van der Waals surface area contributed by atoms with Gasteiger partial charge in [-0.1, -0.05) is 13.8 Å². The summed E-state index contributed by atoms with van der Waals surface area (Å²) in [5.74, 6) is 0.229. The van der Waals surface area contributed by atoms with E-state index in [0.29, 0.717) is 0 Å². The normalized spacial score (nSPS) is 17.4. The maximum absolute atomic E-state index is 9.11. The Morgan fingerprint density at radius 1 is 1.40 bits per heavy atom. The Labute approximate surface area is 61.6 Å². The summed E-state index contributed by atoms with van der Waals surface area (Å²) in [6, 6.07) is 0.